The van der Waals surface area contributed by atoms with Gasteiger partial charge in [0.1, 0.15) is 5.82 Å². The van der Waals surface area contributed by atoms with Crippen LogP contribution >= 0.6 is 12.2 Å². The molecular weight excluding hydrogens is 198 g/mol. The second-order valence-corrected chi connectivity index (χ2v) is 2.87. The fourth-order valence-corrected chi connectivity index (χ4v) is 0.949. The lowest BCUT2D eigenvalue weighted by atomic mass is 10.3. The summed E-state index contributed by atoms with van der Waals surface area (Å²) in [6.07, 6.45) is 3.29. The van der Waals surface area contributed by atoms with Crippen LogP contribution in [0.25, 0.3) is 0 Å². The van der Waals surface area contributed by atoms with Gasteiger partial charge in [-0.15, -0.1) is 0 Å². The first kappa shape index (κ1) is 10.4. The highest BCUT2D eigenvalue weighted by atomic mass is 32.1. The molecule has 0 amide bonds. The van der Waals surface area contributed by atoms with Gasteiger partial charge in [-0.25, -0.2) is 4.98 Å². The molecule has 0 spiro atoms. The van der Waals surface area contributed by atoms with Crippen molar-refractivity contribution in [2.75, 3.05) is 12.4 Å². The molecule has 0 unspecified atom stereocenters. The first-order chi connectivity index (χ1) is 6.74. The first-order valence-electron chi connectivity index (χ1n) is 3.95. The van der Waals surface area contributed by atoms with Crippen LogP contribution in [-0.2, 0) is 0 Å². The van der Waals surface area contributed by atoms with Crippen LogP contribution < -0.4 is 16.5 Å². The van der Waals surface area contributed by atoms with E-state index in [0.29, 0.717) is 0 Å². The van der Waals surface area contributed by atoms with Gasteiger partial charge in [0.2, 0.25) is 0 Å². The van der Waals surface area contributed by atoms with Gasteiger partial charge >= 0.3 is 0 Å². The molecule has 0 aliphatic heterocycles. The number of nitrogens with one attached hydrogen (secondary N) is 2. The van der Waals surface area contributed by atoms with Crippen LogP contribution in [0.4, 0.5) is 5.82 Å². The third-order valence-corrected chi connectivity index (χ3v) is 1.55. The quantitative estimate of drug-likeness (QED) is 0.379. The monoisotopic (exact) mass is 209 g/mol. The second kappa shape index (κ2) is 5.13. The molecule has 74 valence electrons. The SMILES string of the molecule is CNc1ncccc1/C=N/NC(N)=S. The number of nitrogens with two attached hydrogens (primary N) is 1. The van der Waals surface area contributed by atoms with Crippen molar-refractivity contribution in [2.24, 2.45) is 10.8 Å². The number of thiocarbonyl (C=S) groups is 1. The van der Waals surface area contributed by atoms with Gasteiger partial charge < -0.3 is 11.1 Å². The molecule has 0 aromatic carbocycles. The predicted octanol–water partition coefficient (Wildman–Crippen LogP) is 0.290. The van der Waals surface area contributed by atoms with E-state index in [0.717, 1.165) is 11.4 Å². The van der Waals surface area contributed by atoms with Crippen molar-refractivity contribution >= 4 is 29.4 Å². The molecule has 1 aromatic heterocycles. The van der Waals surface area contributed by atoms with E-state index in [4.69, 9.17) is 5.73 Å². The Morgan fingerprint density at radius 1 is 1.71 bits per heavy atom. The lowest BCUT2D eigenvalue weighted by Gasteiger charge is -2.01. The van der Waals surface area contributed by atoms with E-state index in [1.54, 1.807) is 19.5 Å². The largest absolute Gasteiger partial charge is 0.375 e. The average Bonchev–Trinajstić information content (AvgIpc) is 2.18. The normalized spacial score (nSPS) is 10.1. The van der Waals surface area contributed by atoms with Gasteiger partial charge in [0.25, 0.3) is 0 Å². The average molecular weight is 209 g/mol. The summed E-state index contributed by atoms with van der Waals surface area (Å²) in [5.41, 5.74) is 8.53. The van der Waals surface area contributed by atoms with Crippen LogP contribution in [0.1, 0.15) is 5.56 Å². The van der Waals surface area contributed by atoms with E-state index in [9.17, 15) is 0 Å². The summed E-state index contributed by atoms with van der Waals surface area (Å²) in [5.74, 6) is 0.751. The van der Waals surface area contributed by atoms with Crippen molar-refractivity contribution in [3.05, 3.63) is 23.9 Å². The van der Waals surface area contributed by atoms with E-state index in [1.165, 1.54) is 0 Å². The summed E-state index contributed by atoms with van der Waals surface area (Å²) in [5, 5.41) is 6.90. The van der Waals surface area contributed by atoms with Crippen LogP contribution in [-0.4, -0.2) is 23.4 Å². The minimum absolute atomic E-state index is 0.135. The van der Waals surface area contributed by atoms with Crippen molar-refractivity contribution in [2.45, 2.75) is 0 Å². The maximum atomic E-state index is 5.20. The summed E-state index contributed by atoms with van der Waals surface area (Å²) < 4.78 is 0. The number of pyridine rings is 1. The second-order valence-electron chi connectivity index (χ2n) is 2.43. The molecule has 0 saturated heterocycles. The Hall–Kier alpha value is -1.69. The molecule has 6 heteroatoms. The number of anilines is 1. The molecule has 1 aromatic rings. The highest BCUT2D eigenvalue weighted by Gasteiger charge is 1.96. The fraction of sp³-hybridized carbons (Fsp3) is 0.125. The van der Waals surface area contributed by atoms with Crippen LogP contribution in [0.2, 0.25) is 0 Å². The number of aromatic nitrogens is 1. The Labute approximate surface area is 87.4 Å². The predicted molar refractivity (Wildman–Crippen MR) is 61.3 cm³/mol. The molecule has 4 N–H and O–H groups in total. The molecule has 14 heavy (non-hydrogen) atoms. The topological polar surface area (TPSA) is 75.3 Å². The number of nitrogens with zero attached hydrogens (tertiary/aromatic N) is 2. The molecule has 0 atom stereocenters. The van der Waals surface area contributed by atoms with Crippen LogP contribution in [0, 0.1) is 0 Å². The molecule has 0 bridgehead atoms. The molecule has 0 fully saturated rings. The zero-order valence-corrected chi connectivity index (χ0v) is 8.51. The van der Waals surface area contributed by atoms with Gasteiger partial charge in [-0.1, -0.05) is 0 Å². The summed E-state index contributed by atoms with van der Waals surface area (Å²) in [7, 11) is 1.79. The van der Waals surface area contributed by atoms with Gasteiger partial charge in [0, 0.05) is 18.8 Å². The number of hydrazone groups is 1. The number of rotatable bonds is 3. The zero-order valence-electron chi connectivity index (χ0n) is 7.69. The van der Waals surface area contributed by atoms with Gasteiger partial charge in [0.05, 0.1) is 6.21 Å². The summed E-state index contributed by atoms with van der Waals surface area (Å²) in [6.45, 7) is 0. The van der Waals surface area contributed by atoms with Crippen LogP contribution in [0.3, 0.4) is 0 Å². The molecule has 1 heterocycles. The standard InChI is InChI=1S/C8H11N5S/c1-10-7-6(3-2-4-11-7)5-12-13-8(9)14/h2-5H,1H3,(H,10,11)(H3,9,13,14)/b12-5+. The summed E-state index contributed by atoms with van der Waals surface area (Å²) in [4.78, 5) is 4.10. The number of hydrogen-bond donors (Lipinski definition) is 3. The Morgan fingerprint density at radius 3 is 3.14 bits per heavy atom. The maximum Gasteiger partial charge on any atom is 0.184 e. The highest BCUT2D eigenvalue weighted by molar-refractivity contribution is 7.80. The molecule has 0 aliphatic rings. The third-order valence-electron chi connectivity index (χ3n) is 1.45. The van der Waals surface area contributed by atoms with Crippen molar-refractivity contribution in [1.82, 2.24) is 10.4 Å². The van der Waals surface area contributed by atoms with Gasteiger partial charge in [-0.3, -0.25) is 5.43 Å². The lowest BCUT2D eigenvalue weighted by molar-refractivity contribution is 1.04. The summed E-state index contributed by atoms with van der Waals surface area (Å²) in [6, 6.07) is 3.70. The van der Waals surface area contributed by atoms with Gasteiger partial charge in [0.15, 0.2) is 5.11 Å². The van der Waals surface area contributed by atoms with Crippen molar-refractivity contribution < 1.29 is 0 Å². The zero-order chi connectivity index (χ0) is 10.4. The van der Waals surface area contributed by atoms with E-state index in [-0.39, 0.29) is 5.11 Å². The van der Waals surface area contributed by atoms with Gasteiger partial charge in [-0.2, -0.15) is 5.10 Å². The minimum Gasteiger partial charge on any atom is -0.375 e. The Morgan fingerprint density at radius 2 is 2.50 bits per heavy atom. The molecule has 0 saturated carbocycles. The molecule has 1 rings (SSSR count). The maximum absolute atomic E-state index is 5.20. The molecule has 0 aliphatic carbocycles. The fourth-order valence-electron chi connectivity index (χ4n) is 0.896. The van der Waals surface area contributed by atoms with Crippen LogP contribution in [0.15, 0.2) is 23.4 Å². The number of hydrogen-bond acceptors (Lipinski definition) is 4. The Kier molecular flexibility index (Phi) is 3.81. The highest BCUT2D eigenvalue weighted by Crippen LogP contribution is 2.06. The van der Waals surface area contributed by atoms with Crippen molar-refractivity contribution in [3.8, 4) is 0 Å². The Bertz CT molecular complexity index is 349. The van der Waals surface area contributed by atoms with Gasteiger partial charge in [-0.05, 0) is 24.4 Å². The molecule has 0 radical (unpaired) electrons. The Balaban J connectivity index is 2.75. The van der Waals surface area contributed by atoms with E-state index in [1.807, 2.05) is 12.1 Å². The van der Waals surface area contributed by atoms with E-state index < -0.39 is 0 Å². The van der Waals surface area contributed by atoms with Crippen molar-refractivity contribution in [3.63, 3.8) is 0 Å². The summed E-state index contributed by atoms with van der Waals surface area (Å²) >= 11 is 4.59. The van der Waals surface area contributed by atoms with Crippen molar-refractivity contribution in [1.29, 1.82) is 0 Å². The molecular formula is C8H11N5S. The van der Waals surface area contributed by atoms with Crippen LogP contribution in [0.5, 0.6) is 0 Å². The van der Waals surface area contributed by atoms with E-state index in [2.05, 4.69) is 33.0 Å². The third kappa shape index (κ3) is 2.98. The minimum atomic E-state index is 0.135. The molecule has 5 nitrogen and oxygen atoms in total. The lowest BCUT2D eigenvalue weighted by Crippen LogP contribution is -2.24. The smallest absolute Gasteiger partial charge is 0.184 e. The van der Waals surface area contributed by atoms with E-state index >= 15 is 0 Å². The first-order valence-corrected chi connectivity index (χ1v) is 4.36.